The van der Waals surface area contributed by atoms with Crippen LogP contribution in [-0.4, -0.2) is 35.5 Å². The van der Waals surface area contributed by atoms with E-state index in [1.165, 1.54) is 0 Å². The van der Waals surface area contributed by atoms with Crippen LogP contribution in [0, 0.1) is 5.92 Å². The van der Waals surface area contributed by atoms with Crippen molar-refractivity contribution in [1.29, 1.82) is 0 Å². The Morgan fingerprint density at radius 2 is 2.37 bits per heavy atom. The molecule has 4 atom stereocenters. The monoisotopic (exact) mass is 265 g/mol. The van der Waals surface area contributed by atoms with E-state index >= 15 is 0 Å². The summed E-state index contributed by atoms with van der Waals surface area (Å²) < 4.78 is 13.4. The maximum absolute atomic E-state index is 6.44. The SMILES string of the molecule is CC1OCCC1(C)n1cncc1C(N)C1CCOC1. The van der Waals surface area contributed by atoms with Crippen LogP contribution < -0.4 is 5.73 Å². The van der Waals surface area contributed by atoms with Gasteiger partial charge in [-0.15, -0.1) is 0 Å². The summed E-state index contributed by atoms with van der Waals surface area (Å²) in [6, 6.07) is -0.00498. The van der Waals surface area contributed by atoms with Crippen molar-refractivity contribution in [2.24, 2.45) is 11.7 Å². The molecule has 0 amide bonds. The zero-order valence-corrected chi connectivity index (χ0v) is 11.7. The molecule has 19 heavy (non-hydrogen) atoms. The number of aromatic nitrogens is 2. The molecular weight excluding hydrogens is 242 g/mol. The van der Waals surface area contributed by atoms with Crippen molar-refractivity contribution in [3.05, 3.63) is 18.2 Å². The Bertz CT molecular complexity index is 442. The molecule has 2 aliphatic rings. The summed E-state index contributed by atoms with van der Waals surface area (Å²) in [5.41, 5.74) is 7.50. The normalized spacial score (nSPS) is 36.8. The first kappa shape index (κ1) is 13.1. The number of rotatable bonds is 3. The zero-order chi connectivity index (χ0) is 13.5. The van der Waals surface area contributed by atoms with E-state index in [1.54, 1.807) is 0 Å². The first-order chi connectivity index (χ1) is 9.13. The first-order valence-electron chi connectivity index (χ1n) is 7.10. The average Bonchev–Trinajstić information content (AvgIpc) is 3.11. The number of ether oxygens (including phenoxy) is 2. The number of nitrogens with two attached hydrogens (primary N) is 1. The van der Waals surface area contributed by atoms with Crippen LogP contribution in [-0.2, 0) is 15.0 Å². The highest BCUT2D eigenvalue weighted by molar-refractivity contribution is 5.12. The molecular formula is C14H23N3O2. The van der Waals surface area contributed by atoms with Crippen molar-refractivity contribution in [3.63, 3.8) is 0 Å². The van der Waals surface area contributed by atoms with Gasteiger partial charge in [-0.05, 0) is 26.7 Å². The van der Waals surface area contributed by atoms with E-state index in [4.69, 9.17) is 15.2 Å². The summed E-state index contributed by atoms with van der Waals surface area (Å²) in [7, 11) is 0. The van der Waals surface area contributed by atoms with Gasteiger partial charge in [0.25, 0.3) is 0 Å². The Morgan fingerprint density at radius 1 is 1.53 bits per heavy atom. The van der Waals surface area contributed by atoms with Crippen LogP contribution in [0.25, 0.3) is 0 Å². The van der Waals surface area contributed by atoms with E-state index in [2.05, 4.69) is 23.4 Å². The third-order valence-corrected chi connectivity index (χ3v) is 4.88. The van der Waals surface area contributed by atoms with E-state index in [9.17, 15) is 0 Å². The van der Waals surface area contributed by atoms with Gasteiger partial charge in [0.2, 0.25) is 0 Å². The molecule has 3 heterocycles. The Balaban J connectivity index is 1.89. The standard InChI is InChI=1S/C14H23N3O2/c1-10-14(2,4-6-19-10)17-9-16-7-12(17)13(15)11-3-5-18-8-11/h7,9-11,13H,3-6,8,15H2,1-2H3. The van der Waals surface area contributed by atoms with Crippen LogP contribution in [0.5, 0.6) is 0 Å². The summed E-state index contributed by atoms with van der Waals surface area (Å²) in [5.74, 6) is 0.400. The van der Waals surface area contributed by atoms with Crippen molar-refractivity contribution < 1.29 is 9.47 Å². The molecule has 2 N–H and O–H groups in total. The molecule has 1 aromatic heterocycles. The zero-order valence-electron chi connectivity index (χ0n) is 11.7. The second kappa shape index (κ2) is 4.89. The summed E-state index contributed by atoms with van der Waals surface area (Å²) in [6.07, 6.45) is 6.03. The molecule has 5 heteroatoms. The van der Waals surface area contributed by atoms with Gasteiger partial charge in [-0.25, -0.2) is 4.98 Å². The average molecular weight is 265 g/mol. The Hall–Kier alpha value is -0.910. The van der Waals surface area contributed by atoms with Gasteiger partial charge in [0.15, 0.2) is 0 Å². The highest BCUT2D eigenvalue weighted by Crippen LogP contribution is 2.36. The van der Waals surface area contributed by atoms with E-state index in [0.29, 0.717) is 5.92 Å². The molecule has 0 aliphatic carbocycles. The predicted molar refractivity (Wildman–Crippen MR) is 71.8 cm³/mol. The topological polar surface area (TPSA) is 62.3 Å². The molecule has 1 aromatic rings. The Morgan fingerprint density at radius 3 is 3.00 bits per heavy atom. The van der Waals surface area contributed by atoms with Crippen molar-refractivity contribution >= 4 is 0 Å². The van der Waals surface area contributed by atoms with Gasteiger partial charge in [-0.2, -0.15) is 0 Å². The lowest BCUT2D eigenvalue weighted by Crippen LogP contribution is -2.39. The fraction of sp³-hybridized carbons (Fsp3) is 0.786. The van der Waals surface area contributed by atoms with Crippen LogP contribution in [0.4, 0.5) is 0 Å². The van der Waals surface area contributed by atoms with E-state index in [0.717, 1.165) is 38.4 Å². The van der Waals surface area contributed by atoms with Crippen LogP contribution in [0.3, 0.4) is 0 Å². The van der Waals surface area contributed by atoms with Gasteiger partial charge in [-0.1, -0.05) is 0 Å². The van der Waals surface area contributed by atoms with E-state index in [1.807, 2.05) is 12.5 Å². The quantitative estimate of drug-likeness (QED) is 0.898. The van der Waals surface area contributed by atoms with Gasteiger partial charge in [0, 0.05) is 25.3 Å². The minimum absolute atomic E-state index is 0.00498. The second-order valence-electron chi connectivity index (χ2n) is 5.96. The smallest absolute Gasteiger partial charge is 0.0954 e. The van der Waals surface area contributed by atoms with Gasteiger partial charge in [0.05, 0.1) is 36.3 Å². The van der Waals surface area contributed by atoms with Crippen molar-refractivity contribution in [2.75, 3.05) is 19.8 Å². The minimum Gasteiger partial charge on any atom is -0.381 e. The molecule has 3 rings (SSSR count). The first-order valence-corrected chi connectivity index (χ1v) is 7.10. The fourth-order valence-corrected chi connectivity index (χ4v) is 3.20. The molecule has 0 spiro atoms. The second-order valence-corrected chi connectivity index (χ2v) is 5.96. The fourth-order valence-electron chi connectivity index (χ4n) is 3.20. The number of nitrogens with zero attached hydrogens (tertiary/aromatic N) is 2. The maximum Gasteiger partial charge on any atom is 0.0954 e. The van der Waals surface area contributed by atoms with Gasteiger partial charge < -0.3 is 19.8 Å². The highest BCUT2D eigenvalue weighted by Gasteiger charge is 2.41. The summed E-state index contributed by atoms with van der Waals surface area (Å²) in [5, 5.41) is 0. The van der Waals surface area contributed by atoms with Crippen LogP contribution in [0.2, 0.25) is 0 Å². The molecule has 0 aromatic carbocycles. The van der Waals surface area contributed by atoms with Crippen LogP contribution in [0.1, 0.15) is 38.4 Å². The summed E-state index contributed by atoms with van der Waals surface area (Å²) >= 11 is 0. The predicted octanol–water partition coefficient (Wildman–Crippen LogP) is 1.44. The Labute approximate surface area is 114 Å². The molecule has 2 fully saturated rings. The lowest BCUT2D eigenvalue weighted by Gasteiger charge is -2.33. The highest BCUT2D eigenvalue weighted by atomic mass is 16.5. The van der Waals surface area contributed by atoms with Crippen molar-refractivity contribution in [1.82, 2.24) is 9.55 Å². The minimum atomic E-state index is -0.0388. The molecule has 106 valence electrons. The lowest BCUT2D eigenvalue weighted by atomic mass is 9.91. The Kier molecular flexibility index (Phi) is 3.37. The molecule has 5 nitrogen and oxygen atoms in total. The van der Waals surface area contributed by atoms with Crippen LogP contribution >= 0.6 is 0 Å². The molecule has 2 aliphatic heterocycles. The third kappa shape index (κ3) is 2.10. The number of imidazole rings is 1. The third-order valence-electron chi connectivity index (χ3n) is 4.88. The number of hydrogen-bond donors (Lipinski definition) is 1. The van der Waals surface area contributed by atoms with Crippen molar-refractivity contribution in [2.45, 2.75) is 44.4 Å². The molecule has 0 radical (unpaired) electrons. The van der Waals surface area contributed by atoms with E-state index in [-0.39, 0.29) is 17.7 Å². The molecule has 0 saturated carbocycles. The van der Waals surface area contributed by atoms with Crippen LogP contribution in [0.15, 0.2) is 12.5 Å². The largest absolute Gasteiger partial charge is 0.381 e. The summed E-state index contributed by atoms with van der Waals surface area (Å²) in [4.78, 5) is 4.33. The van der Waals surface area contributed by atoms with E-state index < -0.39 is 0 Å². The van der Waals surface area contributed by atoms with Crippen molar-refractivity contribution in [3.8, 4) is 0 Å². The lowest BCUT2D eigenvalue weighted by molar-refractivity contribution is 0.0738. The van der Waals surface area contributed by atoms with Gasteiger partial charge in [-0.3, -0.25) is 0 Å². The molecule has 0 bridgehead atoms. The number of hydrogen-bond acceptors (Lipinski definition) is 4. The van der Waals surface area contributed by atoms with Gasteiger partial charge in [0.1, 0.15) is 0 Å². The summed E-state index contributed by atoms with van der Waals surface area (Å²) in [6.45, 7) is 6.74. The maximum atomic E-state index is 6.44. The molecule has 2 saturated heterocycles. The molecule has 4 unspecified atom stereocenters. The van der Waals surface area contributed by atoms with Gasteiger partial charge >= 0.3 is 0 Å².